The van der Waals surface area contributed by atoms with Gasteiger partial charge in [0.15, 0.2) is 0 Å². The molecule has 0 aliphatic carbocycles. The molecule has 0 bridgehead atoms. The third kappa shape index (κ3) is 4.79. The number of methoxy groups -OCH3 is 2. The van der Waals surface area contributed by atoms with Crippen LogP contribution in [0.5, 0.6) is 11.5 Å². The Bertz CT molecular complexity index is 1330. The van der Waals surface area contributed by atoms with Crippen LogP contribution in [0.3, 0.4) is 0 Å². The molecule has 2 amide bonds. The third-order valence-electron chi connectivity index (χ3n) is 6.97. The Hall–Kier alpha value is -3.85. The summed E-state index contributed by atoms with van der Waals surface area (Å²) in [6.07, 6.45) is 0.221. The van der Waals surface area contributed by atoms with Gasteiger partial charge in [-0.1, -0.05) is 0 Å². The van der Waals surface area contributed by atoms with E-state index in [0.717, 1.165) is 22.4 Å². The average molecular weight is 492 g/mol. The predicted octanol–water partition coefficient (Wildman–Crippen LogP) is 2.51. The van der Waals surface area contributed by atoms with Crippen molar-refractivity contribution in [2.45, 2.75) is 13.0 Å². The Kier molecular flexibility index (Phi) is 6.65. The fraction of sp³-hybridized carbons (Fsp3) is 0.370. The van der Waals surface area contributed by atoms with Gasteiger partial charge in [0.2, 0.25) is 11.8 Å². The largest absolute Gasteiger partial charge is 0.497 e. The molecule has 0 radical (unpaired) electrons. The molecule has 3 aromatic rings. The fourth-order valence-electron chi connectivity index (χ4n) is 4.97. The quantitative estimate of drug-likeness (QED) is 0.489. The van der Waals surface area contributed by atoms with Gasteiger partial charge in [-0.15, -0.1) is 0 Å². The summed E-state index contributed by atoms with van der Waals surface area (Å²) in [4.78, 5) is 43.7. The minimum Gasteiger partial charge on any atom is -0.497 e. The lowest BCUT2D eigenvalue weighted by atomic mass is 10.1. The molecule has 3 heterocycles. The maximum absolute atomic E-state index is 13.2. The number of rotatable bonds is 6. The lowest BCUT2D eigenvalue weighted by molar-refractivity contribution is -0.137. The van der Waals surface area contributed by atoms with Gasteiger partial charge in [0, 0.05) is 62.8 Å². The van der Waals surface area contributed by atoms with Crippen LogP contribution >= 0.6 is 0 Å². The normalized spacial score (nSPS) is 18.6. The summed E-state index contributed by atoms with van der Waals surface area (Å²) in [7, 11) is 3.20. The lowest BCUT2D eigenvalue weighted by Gasteiger charge is -2.36. The Labute approximate surface area is 208 Å². The summed E-state index contributed by atoms with van der Waals surface area (Å²) in [5.41, 5.74) is 1.79. The smallest absolute Gasteiger partial charge is 0.336 e. The van der Waals surface area contributed by atoms with E-state index in [1.54, 1.807) is 31.3 Å². The van der Waals surface area contributed by atoms with E-state index in [-0.39, 0.29) is 29.8 Å². The zero-order chi connectivity index (χ0) is 25.2. The number of benzene rings is 2. The lowest BCUT2D eigenvalue weighted by Crippen LogP contribution is -2.50. The van der Waals surface area contributed by atoms with Crippen LogP contribution in [-0.2, 0) is 16.1 Å². The number of nitrogens with zero attached hydrogens (tertiary/aromatic N) is 3. The number of piperazine rings is 1. The fourth-order valence-corrected chi connectivity index (χ4v) is 4.97. The molecule has 9 heteroatoms. The first-order valence-corrected chi connectivity index (χ1v) is 12.0. The van der Waals surface area contributed by atoms with Gasteiger partial charge in [0.05, 0.1) is 20.1 Å². The topological polar surface area (TPSA) is 92.5 Å². The van der Waals surface area contributed by atoms with Gasteiger partial charge in [-0.05, 0) is 48.0 Å². The molecule has 5 rings (SSSR count). The number of anilines is 1. The number of hydrogen-bond donors (Lipinski definition) is 0. The maximum Gasteiger partial charge on any atom is 0.336 e. The van der Waals surface area contributed by atoms with E-state index in [4.69, 9.17) is 13.9 Å². The molecule has 2 aliphatic rings. The second-order valence-corrected chi connectivity index (χ2v) is 9.16. The van der Waals surface area contributed by atoms with Gasteiger partial charge in [0.25, 0.3) is 0 Å². The molecular formula is C27H29N3O6. The van der Waals surface area contributed by atoms with Gasteiger partial charge in [0.1, 0.15) is 17.1 Å². The van der Waals surface area contributed by atoms with Crippen molar-refractivity contribution in [3.63, 3.8) is 0 Å². The van der Waals surface area contributed by atoms with Crippen LogP contribution in [-0.4, -0.2) is 68.6 Å². The van der Waals surface area contributed by atoms with Crippen LogP contribution < -0.4 is 20.0 Å². The Morgan fingerprint density at radius 2 is 1.64 bits per heavy atom. The van der Waals surface area contributed by atoms with Crippen molar-refractivity contribution in [2.75, 3.05) is 51.8 Å². The summed E-state index contributed by atoms with van der Waals surface area (Å²) in [6, 6.07) is 14.2. The second kappa shape index (κ2) is 10.0. The molecule has 1 aromatic heterocycles. The molecule has 2 saturated heterocycles. The Balaban J connectivity index is 1.21. The van der Waals surface area contributed by atoms with Crippen LogP contribution in [0, 0.1) is 5.92 Å². The molecule has 188 valence electrons. The van der Waals surface area contributed by atoms with Crippen LogP contribution in [0.25, 0.3) is 11.0 Å². The van der Waals surface area contributed by atoms with Crippen LogP contribution in [0.1, 0.15) is 12.0 Å². The Morgan fingerprint density at radius 3 is 2.33 bits per heavy atom. The molecule has 0 N–H and O–H groups in total. The first-order chi connectivity index (χ1) is 17.4. The van der Waals surface area contributed by atoms with Crippen molar-refractivity contribution in [3.8, 4) is 11.5 Å². The van der Waals surface area contributed by atoms with E-state index in [1.807, 2.05) is 35.2 Å². The van der Waals surface area contributed by atoms with Crippen LogP contribution in [0.2, 0.25) is 0 Å². The zero-order valence-electron chi connectivity index (χ0n) is 20.4. The van der Waals surface area contributed by atoms with Crippen molar-refractivity contribution >= 4 is 28.5 Å². The van der Waals surface area contributed by atoms with Crippen molar-refractivity contribution in [3.05, 3.63) is 64.5 Å². The Morgan fingerprint density at radius 1 is 0.944 bits per heavy atom. The zero-order valence-corrected chi connectivity index (χ0v) is 20.4. The number of amides is 2. The molecule has 2 aliphatic heterocycles. The maximum atomic E-state index is 13.2. The molecule has 9 nitrogen and oxygen atoms in total. The number of fused-ring (bicyclic) bond motifs is 1. The summed E-state index contributed by atoms with van der Waals surface area (Å²) in [5, 5.41) is 0.843. The number of ether oxygens (including phenoxy) is 2. The van der Waals surface area contributed by atoms with E-state index in [2.05, 4.69) is 4.90 Å². The molecular weight excluding hydrogens is 462 g/mol. The number of carbonyl (C=O) groups excluding carboxylic acids is 2. The highest BCUT2D eigenvalue weighted by Crippen LogP contribution is 2.29. The predicted molar refractivity (Wildman–Crippen MR) is 134 cm³/mol. The van der Waals surface area contributed by atoms with Crippen molar-refractivity contribution in [2.24, 2.45) is 5.92 Å². The van der Waals surface area contributed by atoms with Gasteiger partial charge >= 0.3 is 5.63 Å². The molecule has 36 heavy (non-hydrogen) atoms. The van der Waals surface area contributed by atoms with E-state index in [0.29, 0.717) is 50.6 Å². The van der Waals surface area contributed by atoms with Crippen LogP contribution in [0.15, 0.2) is 57.7 Å². The minimum absolute atomic E-state index is 0.0227. The first kappa shape index (κ1) is 23.9. The van der Waals surface area contributed by atoms with Crippen LogP contribution in [0.4, 0.5) is 5.69 Å². The molecule has 2 aromatic carbocycles. The monoisotopic (exact) mass is 491 g/mol. The molecule has 0 spiro atoms. The summed E-state index contributed by atoms with van der Waals surface area (Å²) in [5.74, 6) is 1.06. The minimum atomic E-state index is -0.385. The van der Waals surface area contributed by atoms with E-state index in [1.165, 1.54) is 6.07 Å². The summed E-state index contributed by atoms with van der Waals surface area (Å²) < 4.78 is 15.9. The summed E-state index contributed by atoms with van der Waals surface area (Å²) >= 11 is 0. The molecule has 1 atom stereocenters. The van der Waals surface area contributed by atoms with Gasteiger partial charge in [-0.2, -0.15) is 0 Å². The van der Waals surface area contributed by atoms with Crippen molar-refractivity contribution in [1.82, 2.24) is 9.80 Å². The summed E-state index contributed by atoms with van der Waals surface area (Å²) in [6.45, 7) is 3.48. The second-order valence-electron chi connectivity index (χ2n) is 9.16. The van der Waals surface area contributed by atoms with E-state index < -0.39 is 0 Å². The molecule has 2 fully saturated rings. The van der Waals surface area contributed by atoms with Gasteiger partial charge in [-0.25, -0.2) is 4.79 Å². The first-order valence-electron chi connectivity index (χ1n) is 12.0. The van der Waals surface area contributed by atoms with E-state index in [9.17, 15) is 14.4 Å². The number of carbonyl (C=O) groups is 2. The standard InChI is InChI=1S/C27H29N3O6/c1-34-21-5-3-20(4-6-21)30-17-19(13-25(30)31)27(33)29-11-9-28(10-12-29)16-18-14-26(32)36-24-8-7-22(35-2)15-23(18)24/h3-8,14-15,19H,9-13,16-17H2,1-2H3/t19-/m0/s1. The molecule has 0 saturated carbocycles. The highest BCUT2D eigenvalue weighted by atomic mass is 16.5. The highest BCUT2D eigenvalue weighted by Gasteiger charge is 2.38. The third-order valence-corrected chi connectivity index (χ3v) is 6.97. The van der Waals surface area contributed by atoms with Crippen molar-refractivity contribution < 1.29 is 23.5 Å². The highest BCUT2D eigenvalue weighted by molar-refractivity contribution is 6.00. The molecule has 0 unspecified atom stereocenters. The SMILES string of the molecule is COc1ccc(N2C[C@@H](C(=O)N3CCN(Cc4cc(=O)oc5ccc(OC)cc45)CC3)CC2=O)cc1. The van der Waals surface area contributed by atoms with Gasteiger partial charge < -0.3 is 23.7 Å². The van der Waals surface area contributed by atoms with Gasteiger partial charge in [-0.3, -0.25) is 14.5 Å². The average Bonchev–Trinajstić information content (AvgIpc) is 3.30. The number of hydrogen-bond acceptors (Lipinski definition) is 7. The van der Waals surface area contributed by atoms with Crippen molar-refractivity contribution in [1.29, 1.82) is 0 Å². The van der Waals surface area contributed by atoms with E-state index >= 15 is 0 Å².